The lowest BCUT2D eigenvalue weighted by Gasteiger charge is -2.06. The van der Waals surface area contributed by atoms with E-state index in [4.69, 9.17) is 9.84 Å². The second kappa shape index (κ2) is 6.50. The predicted octanol–water partition coefficient (Wildman–Crippen LogP) is 1.67. The highest BCUT2D eigenvalue weighted by Gasteiger charge is 2.01. The van der Waals surface area contributed by atoms with Crippen LogP contribution in [0.3, 0.4) is 0 Å². The molecule has 0 bridgehead atoms. The second-order valence-corrected chi connectivity index (χ2v) is 4.14. The summed E-state index contributed by atoms with van der Waals surface area (Å²) in [7, 11) is 1.62. The minimum Gasteiger partial charge on any atom is -0.496 e. The van der Waals surface area contributed by atoms with E-state index < -0.39 is 5.97 Å². The van der Waals surface area contributed by atoms with E-state index in [1.165, 1.54) is 0 Å². The minimum absolute atomic E-state index is 0.00265. The van der Waals surface area contributed by atoms with Crippen molar-refractivity contribution in [2.24, 2.45) is 0 Å². The summed E-state index contributed by atoms with van der Waals surface area (Å²) in [6.45, 7) is 0.641. The van der Waals surface area contributed by atoms with E-state index >= 15 is 0 Å². The molecule has 1 aromatic carbocycles. The van der Waals surface area contributed by atoms with Crippen LogP contribution in [0.15, 0.2) is 22.7 Å². The van der Waals surface area contributed by atoms with Crippen LogP contribution in [0.5, 0.6) is 5.75 Å². The first-order valence-electron chi connectivity index (χ1n) is 4.88. The van der Waals surface area contributed by atoms with Gasteiger partial charge in [-0.3, -0.25) is 4.79 Å². The number of carbonyl (C=O) groups is 1. The molecule has 0 amide bonds. The minimum atomic E-state index is -0.837. The molecule has 5 heteroatoms. The Kier molecular flexibility index (Phi) is 5.28. The smallest absolute Gasteiger partial charge is 0.317 e. The summed E-state index contributed by atoms with van der Waals surface area (Å²) in [6.07, 6.45) is 0.788. The molecule has 4 nitrogen and oxygen atoms in total. The molecule has 0 aromatic heterocycles. The van der Waals surface area contributed by atoms with Gasteiger partial charge in [-0.05, 0) is 46.6 Å². The highest BCUT2D eigenvalue weighted by atomic mass is 79.9. The largest absolute Gasteiger partial charge is 0.496 e. The van der Waals surface area contributed by atoms with Crippen molar-refractivity contribution in [3.05, 3.63) is 28.2 Å². The van der Waals surface area contributed by atoms with E-state index in [-0.39, 0.29) is 6.54 Å². The van der Waals surface area contributed by atoms with Gasteiger partial charge < -0.3 is 15.2 Å². The Labute approximate surface area is 103 Å². The average Bonchev–Trinajstić information content (AvgIpc) is 2.24. The van der Waals surface area contributed by atoms with Crippen molar-refractivity contribution >= 4 is 21.9 Å². The summed E-state index contributed by atoms with van der Waals surface area (Å²) in [5, 5.41) is 11.3. The van der Waals surface area contributed by atoms with Crippen LogP contribution in [-0.4, -0.2) is 31.3 Å². The van der Waals surface area contributed by atoms with Gasteiger partial charge >= 0.3 is 5.97 Å². The number of aliphatic carboxylic acids is 1. The third-order valence-corrected chi connectivity index (χ3v) is 2.70. The van der Waals surface area contributed by atoms with Crippen LogP contribution in [0.2, 0.25) is 0 Å². The standard InChI is InChI=1S/C11H14BrNO3/c1-16-10-3-2-8(6-9(10)12)4-5-13-7-11(14)15/h2-3,6,13H,4-5,7H2,1H3,(H,14,15). The van der Waals surface area contributed by atoms with Crippen molar-refractivity contribution in [1.29, 1.82) is 0 Å². The Balaban J connectivity index is 2.43. The summed E-state index contributed by atoms with van der Waals surface area (Å²) in [5.74, 6) is -0.0434. The van der Waals surface area contributed by atoms with Crippen molar-refractivity contribution in [3.8, 4) is 5.75 Å². The van der Waals surface area contributed by atoms with E-state index in [0.717, 1.165) is 22.2 Å². The van der Waals surface area contributed by atoms with Gasteiger partial charge in [-0.2, -0.15) is 0 Å². The molecular formula is C11H14BrNO3. The molecule has 16 heavy (non-hydrogen) atoms. The van der Waals surface area contributed by atoms with Gasteiger partial charge in [0.25, 0.3) is 0 Å². The summed E-state index contributed by atoms with van der Waals surface area (Å²) >= 11 is 3.40. The zero-order chi connectivity index (χ0) is 12.0. The van der Waals surface area contributed by atoms with Gasteiger partial charge in [0.05, 0.1) is 18.1 Å². The van der Waals surface area contributed by atoms with Crippen LogP contribution in [0.4, 0.5) is 0 Å². The molecule has 0 aliphatic heterocycles. The molecule has 0 aliphatic rings. The van der Waals surface area contributed by atoms with Gasteiger partial charge in [-0.1, -0.05) is 6.07 Å². The highest BCUT2D eigenvalue weighted by molar-refractivity contribution is 9.10. The van der Waals surface area contributed by atoms with Crippen molar-refractivity contribution in [2.45, 2.75) is 6.42 Å². The SMILES string of the molecule is COc1ccc(CCNCC(=O)O)cc1Br. The molecule has 2 N–H and O–H groups in total. The maximum absolute atomic E-state index is 10.3. The van der Waals surface area contributed by atoms with Crippen LogP contribution >= 0.6 is 15.9 Å². The lowest BCUT2D eigenvalue weighted by Crippen LogP contribution is -2.24. The number of rotatable bonds is 6. The monoisotopic (exact) mass is 287 g/mol. The fourth-order valence-electron chi connectivity index (χ4n) is 1.29. The first-order chi connectivity index (χ1) is 7.63. The molecule has 0 atom stereocenters. The van der Waals surface area contributed by atoms with Gasteiger partial charge in [0.1, 0.15) is 5.75 Å². The van der Waals surface area contributed by atoms with Crippen molar-refractivity contribution in [3.63, 3.8) is 0 Å². The Hall–Kier alpha value is -1.07. The number of carboxylic acid groups (broad SMARTS) is 1. The molecule has 1 rings (SSSR count). The number of carboxylic acids is 1. The number of halogens is 1. The highest BCUT2D eigenvalue weighted by Crippen LogP contribution is 2.25. The summed E-state index contributed by atoms with van der Waals surface area (Å²) in [5.41, 5.74) is 1.13. The van der Waals surface area contributed by atoms with Gasteiger partial charge in [0, 0.05) is 0 Å². The maximum atomic E-state index is 10.3. The molecule has 88 valence electrons. The van der Waals surface area contributed by atoms with Crippen LogP contribution in [0.1, 0.15) is 5.56 Å². The van der Waals surface area contributed by atoms with Gasteiger partial charge in [-0.25, -0.2) is 0 Å². The fourth-order valence-corrected chi connectivity index (χ4v) is 1.88. The Morgan fingerprint density at radius 3 is 2.88 bits per heavy atom. The number of hydrogen-bond acceptors (Lipinski definition) is 3. The lowest BCUT2D eigenvalue weighted by molar-refractivity contribution is -0.135. The predicted molar refractivity (Wildman–Crippen MR) is 64.9 cm³/mol. The molecule has 0 fully saturated rings. The Morgan fingerprint density at radius 2 is 2.31 bits per heavy atom. The molecule has 0 heterocycles. The molecule has 0 saturated carbocycles. The number of methoxy groups -OCH3 is 1. The van der Waals surface area contributed by atoms with E-state index in [9.17, 15) is 4.79 Å². The van der Waals surface area contributed by atoms with Crippen LogP contribution in [0, 0.1) is 0 Å². The van der Waals surface area contributed by atoms with Crippen molar-refractivity contribution < 1.29 is 14.6 Å². The second-order valence-electron chi connectivity index (χ2n) is 3.29. The first-order valence-corrected chi connectivity index (χ1v) is 5.67. The number of benzene rings is 1. The van der Waals surface area contributed by atoms with Crippen molar-refractivity contribution in [2.75, 3.05) is 20.2 Å². The molecule has 0 saturated heterocycles. The molecule has 1 aromatic rings. The third kappa shape index (κ3) is 4.20. The van der Waals surface area contributed by atoms with E-state index in [1.54, 1.807) is 7.11 Å². The quantitative estimate of drug-likeness (QED) is 0.782. The van der Waals surface area contributed by atoms with Gasteiger partial charge in [0.2, 0.25) is 0 Å². The molecular weight excluding hydrogens is 274 g/mol. The number of hydrogen-bond donors (Lipinski definition) is 2. The lowest BCUT2D eigenvalue weighted by atomic mass is 10.1. The molecule has 0 unspecified atom stereocenters. The Bertz CT molecular complexity index is 368. The zero-order valence-corrected chi connectivity index (χ0v) is 10.6. The topological polar surface area (TPSA) is 58.6 Å². The van der Waals surface area contributed by atoms with Gasteiger partial charge in [-0.15, -0.1) is 0 Å². The molecule has 0 spiro atoms. The number of ether oxygens (including phenoxy) is 1. The summed E-state index contributed by atoms with van der Waals surface area (Å²) in [4.78, 5) is 10.3. The van der Waals surface area contributed by atoms with Crippen LogP contribution < -0.4 is 10.1 Å². The first kappa shape index (κ1) is 13.0. The maximum Gasteiger partial charge on any atom is 0.317 e. The third-order valence-electron chi connectivity index (χ3n) is 2.08. The normalized spacial score (nSPS) is 10.1. The van der Waals surface area contributed by atoms with E-state index in [2.05, 4.69) is 21.2 Å². The average molecular weight is 288 g/mol. The van der Waals surface area contributed by atoms with Crippen molar-refractivity contribution in [1.82, 2.24) is 5.32 Å². The number of nitrogens with one attached hydrogen (secondary N) is 1. The fraction of sp³-hybridized carbons (Fsp3) is 0.364. The van der Waals surface area contributed by atoms with Crippen LogP contribution in [-0.2, 0) is 11.2 Å². The van der Waals surface area contributed by atoms with Crippen LogP contribution in [0.25, 0.3) is 0 Å². The molecule has 0 aliphatic carbocycles. The summed E-state index contributed by atoms with van der Waals surface area (Å²) in [6, 6.07) is 5.82. The Morgan fingerprint density at radius 1 is 1.56 bits per heavy atom. The zero-order valence-electron chi connectivity index (χ0n) is 9.00. The molecule has 0 radical (unpaired) electrons. The van der Waals surface area contributed by atoms with Gasteiger partial charge in [0.15, 0.2) is 0 Å². The van der Waals surface area contributed by atoms with E-state index in [0.29, 0.717) is 6.54 Å². The summed E-state index contributed by atoms with van der Waals surface area (Å²) < 4.78 is 6.02. The van der Waals surface area contributed by atoms with E-state index in [1.807, 2.05) is 18.2 Å².